The minimum Gasteiger partial charge on any atom is -0.495 e. The fourth-order valence-corrected chi connectivity index (χ4v) is 2.42. The van der Waals surface area contributed by atoms with E-state index in [2.05, 4.69) is 5.32 Å². The number of hydrogen-bond donors (Lipinski definition) is 2. The Morgan fingerprint density at radius 2 is 2.33 bits per heavy atom. The van der Waals surface area contributed by atoms with Crippen LogP contribution < -0.4 is 15.8 Å². The first-order chi connectivity index (χ1) is 8.85. The molecule has 2 unspecified atom stereocenters. The molecule has 1 aliphatic heterocycles. The van der Waals surface area contributed by atoms with Crippen LogP contribution in [0.4, 0.5) is 5.69 Å². The lowest BCUT2D eigenvalue weighted by atomic mass is 9.93. The van der Waals surface area contributed by atoms with Crippen LogP contribution in [0.15, 0.2) is 24.3 Å². The third-order valence-corrected chi connectivity index (χ3v) is 3.47. The highest BCUT2D eigenvalue weighted by molar-refractivity contribution is 5.56. The van der Waals surface area contributed by atoms with Gasteiger partial charge in [-0.2, -0.15) is 0 Å². The van der Waals surface area contributed by atoms with Gasteiger partial charge in [-0.15, -0.1) is 0 Å². The molecular formula is C14H22N2O2. The van der Waals surface area contributed by atoms with Gasteiger partial charge in [0.05, 0.1) is 19.4 Å². The zero-order valence-electron chi connectivity index (χ0n) is 10.9. The molecule has 0 spiro atoms. The predicted octanol–water partition coefficient (Wildman–Crippen LogP) is 1.86. The van der Waals surface area contributed by atoms with Crippen molar-refractivity contribution in [2.45, 2.75) is 18.9 Å². The Bertz CT molecular complexity index is 365. The zero-order valence-corrected chi connectivity index (χ0v) is 10.9. The van der Waals surface area contributed by atoms with E-state index < -0.39 is 0 Å². The molecule has 2 rings (SSSR count). The van der Waals surface area contributed by atoms with Crippen LogP contribution in [0.25, 0.3) is 0 Å². The van der Waals surface area contributed by atoms with Gasteiger partial charge in [0.1, 0.15) is 5.75 Å². The first-order valence-corrected chi connectivity index (χ1v) is 6.52. The van der Waals surface area contributed by atoms with E-state index in [4.69, 9.17) is 15.2 Å². The second-order valence-corrected chi connectivity index (χ2v) is 4.66. The maximum Gasteiger partial charge on any atom is 0.141 e. The van der Waals surface area contributed by atoms with Crippen molar-refractivity contribution >= 4 is 5.69 Å². The standard InChI is InChI=1S/C14H22N2O2/c1-17-14-7-3-2-6-12(14)16-13(9-15)11-5-4-8-18-10-11/h2-3,6-7,11,13,16H,4-5,8-10,15H2,1H3. The largest absolute Gasteiger partial charge is 0.495 e. The quantitative estimate of drug-likeness (QED) is 0.837. The molecule has 0 aromatic heterocycles. The Balaban J connectivity index is 2.04. The van der Waals surface area contributed by atoms with Crippen molar-refractivity contribution in [1.29, 1.82) is 0 Å². The summed E-state index contributed by atoms with van der Waals surface area (Å²) in [6.45, 7) is 2.28. The van der Waals surface area contributed by atoms with Crippen molar-refractivity contribution in [2.24, 2.45) is 11.7 Å². The number of para-hydroxylation sites is 2. The summed E-state index contributed by atoms with van der Waals surface area (Å²) in [6, 6.07) is 8.17. The Morgan fingerprint density at radius 1 is 1.50 bits per heavy atom. The van der Waals surface area contributed by atoms with Gasteiger partial charge in [-0.25, -0.2) is 0 Å². The molecule has 0 amide bonds. The highest BCUT2D eigenvalue weighted by Crippen LogP contribution is 2.26. The molecule has 1 heterocycles. The number of rotatable bonds is 5. The van der Waals surface area contributed by atoms with E-state index >= 15 is 0 Å². The van der Waals surface area contributed by atoms with Gasteiger partial charge in [-0.05, 0) is 25.0 Å². The van der Waals surface area contributed by atoms with Crippen molar-refractivity contribution in [3.05, 3.63) is 24.3 Å². The molecule has 0 saturated carbocycles. The van der Waals surface area contributed by atoms with Crippen LogP contribution in [-0.4, -0.2) is 32.9 Å². The monoisotopic (exact) mass is 250 g/mol. The lowest BCUT2D eigenvalue weighted by Crippen LogP contribution is -2.40. The molecule has 2 atom stereocenters. The van der Waals surface area contributed by atoms with Crippen molar-refractivity contribution in [2.75, 3.05) is 32.2 Å². The highest BCUT2D eigenvalue weighted by Gasteiger charge is 2.23. The van der Waals surface area contributed by atoms with Crippen molar-refractivity contribution < 1.29 is 9.47 Å². The second-order valence-electron chi connectivity index (χ2n) is 4.66. The molecule has 3 N–H and O–H groups in total. The minimum atomic E-state index is 0.238. The molecule has 4 heteroatoms. The smallest absolute Gasteiger partial charge is 0.141 e. The van der Waals surface area contributed by atoms with Crippen LogP contribution in [0, 0.1) is 5.92 Å². The van der Waals surface area contributed by atoms with Gasteiger partial charge in [0.15, 0.2) is 0 Å². The summed E-state index contributed by atoms with van der Waals surface area (Å²) in [7, 11) is 1.68. The minimum absolute atomic E-state index is 0.238. The van der Waals surface area contributed by atoms with E-state index in [0.29, 0.717) is 12.5 Å². The van der Waals surface area contributed by atoms with Gasteiger partial charge in [-0.3, -0.25) is 0 Å². The lowest BCUT2D eigenvalue weighted by molar-refractivity contribution is 0.0485. The molecule has 0 bridgehead atoms. The van der Waals surface area contributed by atoms with Crippen molar-refractivity contribution in [3.8, 4) is 5.75 Å². The van der Waals surface area contributed by atoms with Crippen LogP contribution >= 0.6 is 0 Å². The molecule has 1 saturated heterocycles. The summed E-state index contributed by atoms with van der Waals surface area (Å²) in [5, 5.41) is 3.49. The van der Waals surface area contributed by atoms with Crippen LogP contribution in [0.2, 0.25) is 0 Å². The normalized spacial score (nSPS) is 21.3. The highest BCUT2D eigenvalue weighted by atomic mass is 16.5. The summed E-state index contributed by atoms with van der Waals surface area (Å²) in [5.74, 6) is 1.33. The third kappa shape index (κ3) is 3.15. The average molecular weight is 250 g/mol. The Hall–Kier alpha value is -1.26. The molecule has 1 aliphatic rings. The van der Waals surface area contributed by atoms with E-state index in [1.54, 1.807) is 7.11 Å². The Morgan fingerprint density at radius 3 is 3.00 bits per heavy atom. The summed E-state index contributed by atoms with van der Waals surface area (Å²) < 4.78 is 10.9. The maximum absolute atomic E-state index is 5.88. The number of methoxy groups -OCH3 is 1. The fourth-order valence-electron chi connectivity index (χ4n) is 2.42. The summed E-state index contributed by atoms with van der Waals surface area (Å²) in [4.78, 5) is 0. The second kappa shape index (κ2) is 6.61. The SMILES string of the molecule is COc1ccccc1NC(CN)C1CCCOC1. The van der Waals surface area contributed by atoms with Gasteiger partial charge < -0.3 is 20.5 Å². The molecular weight excluding hydrogens is 228 g/mol. The van der Waals surface area contributed by atoms with E-state index in [-0.39, 0.29) is 6.04 Å². The van der Waals surface area contributed by atoms with Crippen molar-refractivity contribution in [3.63, 3.8) is 0 Å². The number of nitrogens with two attached hydrogens (primary N) is 1. The summed E-state index contributed by atoms with van der Waals surface area (Å²) in [6.07, 6.45) is 2.29. The molecule has 18 heavy (non-hydrogen) atoms. The molecule has 1 aromatic carbocycles. The lowest BCUT2D eigenvalue weighted by Gasteiger charge is -2.31. The third-order valence-electron chi connectivity index (χ3n) is 3.47. The van der Waals surface area contributed by atoms with E-state index in [1.807, 2.05) is 24.3 Å². The Kier molecular flexibility index (Phi) is 4.84. The number of nitrogens with one attached hydrogen (secondary N) is 1. The van der Waals surface area contributed by atoms with E-state index in [9.17, 15) is 0 Å². The van der Waals surface area contributed by atoms with Crippen LogP contribution in [0.5, 0.6) is 5.75 Å². The van der Waals surface area contributed by atoms with Gasteiger partial charge in [-0.1, -0.05) is 12.1 Å². The number of anilines is 1. The summed E-state index contributed by atoms with van der Waals surface area (Å²) >= 11 is 0. The maximum atomic E-state index is 5.88. The van der Waals surface area contributed by atoms with Gasteiger partial charge in [0, 0.05) is 25.1 Å². The van der Waals surface area contributed by atoms with Gasteiger partial charge in [0.2, 0.25) is 0 Å². The van der Waals surface area contributed by atoms with Crippen molar-refractivity contribution in [1.82, 2.24) is 0 Å². The summed E-state index contributed by atoms with van der Waals surface area (Å²) in [5.41, 5.74) is 6.89. The molecule has 0 aliphatic carbocycles. The van der Waals surface area contributed by atoms with Gasteiger partial charge >= 0.3 is 0 Å². The van der Waals surface area contributed by atoms with Crippen LogP contribution in [-0.2, 0) is 4.74 Å². The van der Waals surface area contributed by atoms with Gasteiger partial charge in [0.25, 0.3) is 0 Å². The fraction of sp³-hybridized carbons (Fsp3) is 0.571. The predicted molar refractivity (Wildman–Crippen MR) is 73.0 cm³/mol. The molecule has 100 valence electrons. The molecule has 1 aromatic rings. The van der Waals surface area contributed by atoms with Crippen LogP contribution in [0.3, 0.4) is 0 Å². The van der Waals surface area contributed by atoms with Crippen LogP contribution in [0.1, 0.15) is 12.8 Å². The Labute approximate surface area is 108 Å². The first-order valence-electron chi connectivity index (χ1n) is 6.52. The molecule has 4 nitrogen and oxygen atoms in total. The molecule has 1 fully saturated rings. The number of hydrogen-bond acceptors (Lipinski definition) is 4. The average Bonchev–Trinajstić information content (AvgIpc) is 2.46. The van der Waals surface area contributed by atoms with E-state index in [0.717, 1.165) is 31.1 Å². The topological polar surface area (TPSA) is 56.5 Å². The molecule has 0 radical (unpaired) electrons. The zero-order chi connectivity index (χ0) is 12.8. The number of ether oxygens (including phenoxy) is 2. The first kappa shape index (κ1) is 13.2. The number of benzene rings is 1. The van der Waals surface area contributed by atoms with E-state index in [1.165, 1.54) is 6.42 Å².